The Morgan fingerprint density at radius 2 is 1.74 bits per heavy atom. The van der Waals surface area contributed by atoms with Gasteiger partial charge in [0.2, 0.25) is 15.9 Å². The Kier molecular flexibility index (Phi) is 4.52. The number of likely N-dealkylation sites (N-methyl/N-ethyl adjacent to an activating group) is 1. The standard InChI is InChI=1S/C20H25N3O3S/c1-23(27(25,26)18-5-3-2-4-17(18)12-21)13-19(24)22-20-9-14-6-15(10-20)8-16(7-14)11-20/h2-5,14-16H,6-11,13H2,1H3,(H,22,24). The summed E-state index contributed by atoms with van der Waals surface area (Å²) in [5.41, 5.74) is -0.0492. The van der Waals surface area contributed by atoms with Crippen molar-refractivity contribution in [2.45, 2.75) is 49.0 Å². The van der Waals surface area contributed by atoms with Crippen molar-refractivity contribution in [2.75, 3.05) is 13.6 Å². The predicted molar refractivity (Wildman–Crippen MR) is 100 cm³/mol. The highest BCUT2D eigenvalue weighted by Crippen LogP contribution is 2.55. The molecule has 0 atom stereocenters. The number of benzene rings is 1. The van der Waals surface area contributed by atoms with Gasteiger partial charge in [-0.1, -0.05) is 12.1 Å². The summed E-state index contributed by atoms with van der Waals surface area (Å²) in [4.78, 5) is 12.6. The summed E-state index contributed by atoms with van der Waals surface area (Å²) in [6.07, 6.45) is 6.94. The minimum atomic E-state index is -3.89. The van der Waals surface area contributed by atoms with Gasteiger partial charge in [-0.15, -0.1) is 0 Å². The Morgan fingerprint density at radius 1 is 1.19 bits per heavy atom. The summed E-state index contributed by atoms with van der Waals surface area (Å²) in [6, 6.07) is 7.98. The van der Waals surface area contributed by atoms with Crippen LogP contribution in [0.1, 0.15) is 44.1 Å². The van der Waals surface area contributed by atoms with E-state index >= 15 is 0 Å². The van der Waals surface area contributed by atoms with Crippen molar-refractivity contribution in [1.82, 2.24) is 9.62 Å². The maximum Gasteiger partial charge on any atom is 0.244 e. The zero-order valence-electron chi connectivity index (χ0n) is 15.5. The highest BCUT2D eigenvalue weighted by molar-refractivity contribution is 7.89. The van der Waals surface area contributed by atoms with Crippen LogP contribution in [0.25, 0.3) is 0 Å². The molecule has 1 amide bonds. The molecule has 7 heteroatoms. The SMILES string of the molecule is CN(CC(=O)NC12CC3CC(CC(C3)C1)C2)S(=O)(=O)c1ccccc1C#N. The fraction of sp³-hybridized carbons (Fsp3) is 0.600. The molecule has 4 aliphatic rings. The van der Waals surface area contributed by atoms with Gasteiger partial charge in [-0.3, -0.25) is 4.79 Å². The zero-order chi connectivity index (χ0) is 19.2. The first-order valence-corrected chi connectivity index (χ1v) is 11.0. The van der Waals surface area contributed by atoms with Gasteiger partial charge in [-0.25, -0.2) is 8.42 Å². The van der Waals surface area contributed by atoms with Gasteiger partial charge in [0, 0.05) is 12.6 Å². The quantitative estimate of drug-likeness (QED) is 0.839. The van der Waals surface area contributed by atoms with Crippen molar-refractivity contribution < 1.29 is 13.2 Å². The third kappa shape index (κ3) is 3.37. The lowest BCUT2D eigenvalue weighted by atomic mass is 9.53. The molecule has 1 aromatic rings. The molecule has 0 spiro atoms. The van der Waals surface area contributed by atoms with Gasteiger partial charge in [-0.2, -0.15) is 9.57 Å². The average Bonchev–Trinajstić information content (AvgIpc) is 2.59. The molecule has 5 rings (SSSR count). The molecule has 0 saturated heterocycles. The van der Waals surface area contributed by atoms with E-state index in [0.29, 0.717) is 17.8 Å². The number of sulfonamides is 1. The summed E-state index contributed by atoms with van der Waals surface area (Å²) >= 11 is 0. The molecule has 0 radical (unpaired) electrons. The van der Waals surface area contributed by atoms with Crippen LogP contribution >= 0.6 is 0 Å². The van der Waals surface area contributed by atoms with Crippen LogP contribution in [0.4, 0.5) is 0 Å². The summed E-state index contributed by atoms with van der Waals surface area (Å²) in [6.45, 7) is -0.232. The highest BCUT2D eigenvalue weighted by atomic mass is 32.2. The second kappa shape index (κ2) is 6.61. The van der Waals surface area contributed by atoms with Crippen LogP contribution in [-0.4, -0.2) is 37.8 Å². The van der Waals surface area contributed by atoms with Crippen LogP contribution in [0.3, 0.4) is 0 Å². The third-order valence-electron chi connectivity index (χ3n) is 6.50. The predicted octanol–water partition coefficient (Wildman–Crippen LogP) is 2.26. The molecule has 0 aliphatic heterocycles. The molecular weight excluding hydrogens is 362 g/mol. The van der Waals surface area contributed by atoms with Crippen LogP contribution in [0.15, 0.2) is 29.2 Å². The minimum Gasteiger partial charge on any atom is -0.349 e. The van der Waals surface area contributed by atoms with Gasteiger partial charge in [-0.05, 0) is 68.4 Å². The van der Waals surface area contributed by atoms with E-state index in [1.807, 2.05) is 6.07 Å². The van der Waals surface area contributed by atoms with Crippen LogP contribution in [-0.2, 0) is 14.8 Å². The van der Waals surface area contributed by atoms with Gasteiger partial charge >= 0.3 is 0 Å². The van der Waals surface area contributed by atoms with Crippen molar-refractivity contribution >= 4 is 15.9 Å². The number of carbonyl (C=O) groups is 1. The van der Waals surface area contributed by atoms with E-state index in [9.17, 15) is 18.5 Å². The van der Waals surface area contributed by atoms with E-state index in [-0.39, 0.29) is 28.4 Å². The number of hydrogen-bond acceptors (Lipinski definition) is 4. The molecule has 27 heavy (non-hydrogen) atoms. The van der Waals surface area contributed by atoms with Gasteiger partial charge in [0.25, 0.3) is 0 Å². The number of nitriles is 1. The van der Waals surface area contributed by atoms with Crippen LogP contribution in [0, 0.1) is 29.1 Å². The molecule has 144 valence electrons. The summed E-state index contributed by atoms with van der Waals surface area (Å²) in [5, 5.41) is 12.4. The molecule has 1 aromatic carbocycles. The van der Waals surface area contributed by atoms with Gasteiger partial charge < -0.3 is 5.32 Å². The highest BCUT2D eigenvalue weighted by Gasteiger charge is 2.51. The number of rotatable bonds is 5. The molecule has 4 saturated carbocycles. The number of amides is 1. The second-order valence-corrected chi connectivity index (χ2v) is 10.6. The molecule has 4 bridgehead atoms. The van der Waals surface area contributed by atoms with Gasteiger partial charge in [0.05, 0.1) is 17.0 Å². The fourth-order valence-corrected chi connectivity index (χ4v) is 7.10. The van der Waals surface area contributed by atoms with E-state index in [0.717, 1.165) is 23.6 Å². The van der Waals surface area contributed by atoms with E-state index in [2.05, 4.69) is 5.32 Å². The Labute approximate surface area is 160 Å². The van der Waals surface area contributed by atoms with Gasteiger partial charge in [0.1, 0.15) is 6.07 Å². The molecule has 0 unspecified atom stereocenters. The molecule has 4 aliphatic carbocycles. The van der Waals surface area contributed by atoms with Gasteiger partial charge in [0.15, 0.2) is 0 Å². The lowest BCUT2D eigenvalue weighted by Gasteiger charge is -2.57. The zero-order valence-corrected chi connectivity index (χ0v) is 16.3. The average molecular weight is 388 g/mol. The molecular formula is C20H25N3O3S. The number of carbonyl (C=O) groups excluding carboxylic acids is 1. The maximum atomic E-state index is 12.8. The monoisotopic (exact) mass is 387 g/mol. The number of nitrogens with one attached hydrogen (secondary N) is 1. The first kappa shape index (κ1) is 18.5. The van der Waals surface area contributed by atoms with Crippen molar-refractivity contribution in [3.63, 3.8) is 0 Å². The topological polar surface area (TPSA) is 90.3 Å². The van der Waals surface area contributed by atoms with Crippen LogP contribution in [0.5, 0.6) is 0 Å². The normalized spacial score (nSPS) is 31.7. The van der Waals surface area contributed by atoms with E-state index in [1.54, 1.807) is 12.1 Å². The first-order chi connectivity index (χ1) is 12.8. The number of hydrogen-bond donors (Lipinski definition) is 1. The lowest BCUT2D eigenvalue weighted by Crippen LogP contribution is -2.61. The Balaban J connectivity index is 1.46. The summed E-state index contributed by atoms with van der Waals surface area (Å²) in [5.74, 6) is 1.87. The Hall–Kier alpha value is -1.91. The number of nitrogens with zero attached hydrogens (tertiary/aromatic N) is 2. The largest absolute Gasteiger partial charge is 0.349 e. The Morgan fingerprint density at radius 3 is 2.30 bits per heavy atom. The molecule has 0 heterocycles. The van der Waals surface area contributed by atoms with E-state index in [1.165, 1.54) is 38.4 Å². The second-order valence-electron chi connectivity index (χ2n) is 8.62. The maximum absolute atomic E-state index is 12.8. The molecule has 0 aromatic heterocycles. The van der Waals surface area contributed by atoms with Crippen molar-refractivity contribution in [1.29, 1.82) is 5.26 Å². The summed E-state index contributed by atoms with van der Waals surface area (Å²) in [7, 11) is -2.50. The molecule has 4 fully saturated rings. The fourth-order valence-electron chi connectivity index (χ4n) is 5.84. The molecule has 1 N–H and O–H groups in total. The minimum absolute atomic E-state index is 0.0578. The molecule has 6 nitrogen and oxygen atoms in total. The van der Waals surface area contributed by atoms with Crippen molar-refractivity contribution in [2.24, 2.45) is 17.8 Å². The van der Waals surface area contributed by atoms with E-state index in [4.69, 9.17) is 0 Å². The first-order valence-electron chi connectivity index (χ1n) is 9.58. The van der Waals surface area contributed by atoms with Crippen LogP contribution < -0.4 is 5.32 Å². The Bertz CT molecular complexity index is 868. The third-order valence-corrected chi connectivity index (χ3v) is 8.37. The van der Waals surface area contributed by atoms with Crippen molar-refractivity contribution in [3.8, 4) is 6.07 Å². The smallest absolute Gasteiger partial charge is 0.244 e. The summed E-state index contributed by atoms with van der Waals surface area (Å²) < 4.78 is 26.7. The van der Waals surface area contributed by atoms with E-state index < -0.39 is 10.0 Å². The van der Waals surface area contributed by atoms with Crippen molar-refractivity contribution in [3.05, 3.63) is 29.8 Å². The lowest BCUT2D eigenvalue weighted by molar-refractivity contribution is -0.126. The van der Waals surface area contributed by atoms with Crippen LogP contribution in [0.2, 0.25) is 0 Å².